The highest BCUT2D eigenvalue weighted by molar-refractivity contribution is 5.76. The second kappa shape index (κ2) is 6.52. The molecule has 1 heterocycles. The van der Waals surface area contributed by atoms with Crippen molar-refractivity contribution in [2.75, 3.05) is 0 Å². The lowest BCUT2D eigenvalue weighted by molar-refractivity contribution is -0.121. The summed E-state index contributed by atoms with van der Waals surface area (Å²) in [5, 5.41) is 2.89. The number of aromatic amines is 1. The number of nitrogens with one attached hydrogen (secondary N) is 2. The maximum Gasteiger partial charge on any atom is 0.417 e. The molecule has 0 saturated carbocycles. The van der Waals surface area contributed by atoms with E-state index in [1.54, 1.807) is 12.1 Å². The van der Waals surface area contributed by atoms with E-state index in [0.29, 0.717) is 24.1 Å². The lowest BCUT2D eigenvalue weighted by Gasteiger charge is -2.06. The van der Waals surface area contributed by atoms with Gasteiger partial charge in [-0.25, -0.2) is 4.79 Å². The fourth-order valence-corrected chi connectivity index (χ4v) is 2.51. The summed E-state index contributed by atoms with van der Waals surface area (Å²) < 4.78 is 5.01. The Kier molecular flexibility index (Phi) is 4.28. The van der Waals surface area contributed by atoms with Gasteiger partial charge in [0.05, 0.1) is 5.52 Å². The first-order valence-electron chi connectivity index (χ1n) is 7.54. The number of aromatic nitrogens is 1. The molecule has 0 spiro atoms. The molecule has 0 radical (unpaired) electrons. The molecule has 23 heavy (non-hydrogen) atoms. The molecule has 3 rings (SSSR count). The number of carbonyl (C=O) groups excluding carboxylic acids is 1. The summed E-state index contributed by atoms with van der Waals surface area (Å²) in [7, 11) is 0. The standard InChI is InChI=1S/C18H18N2O3/c1-12-3-2-4-13(9-12)6-8-17(21)19-11-14-5-7-15-16(10-14)23-18(22)20-15/h2-5,7,9-10H,6,8,11H2,1H3,(H,19,21)(H,20,22). The molecule has 0 bridgehead atoms. The predicted octanol–water partition coefficient (Wildman–Crippen LogP) is 2.68. The summed E-state index contributed by atoms with van der Waals surface area (Å²) in [5.74, 6) is -0.471. The van der Waals surface area contributed by atoms with Crippen LogP contribution < -0.4 is 11.1 Å². The van der Waals surface area contributed by atoms with E-state index in [-0.39, 0.29) is 5.91 Å². The number of aryl methyl sites for hydroxylation is 2. The van der Waals surface area contributed by atoms with Gasteiger partial charge in [-0.1, -0.05) is 35.9 Å². The number of hydrogen-bond donors (Lipinski definition) is 2. The van der Waals surface area contributed by atoms with E-state index >= 15 is 0 Å². The molecular formula is C18H18N2O3. The molecule has 0 atom stereocenters. The highest BCUT2D eigenvalue weighted by Crippen LogP contribution is 2.12. The van der Waals surface area contributed by atoms with Crippen molar-refractivity contribution >= 4 is 17.0 Å². The van der Waals surface area contributed by atoms with Gasteiger partial charge in [0.1, 0.15) is 0 Å². The van der Waals surface area contributed by atoms with E-state index in [1.807, 2.05) is 31.2 Å². The lowest BCUT2D eigenvalue weighted by Crippen LogP contribution is -2.22. The van der Waals surface area contributed by atoms with Gasteiger partial charge in [0, 0.05) is 13.0 Å². The van der Waals surface area contributed by atoms with Gasteiger partial charge in [0.15, 0.2) is 5.58 Å². The number of fused-ring (bicyclic) bond motifs is 1. The fourth-order valence-electron chi connectivity index (χ4n) is 2.51. The largest absolute Gasteiger partial charge is 0.417 e. The number of amides is 1. The minimum atomic E-state index is -0.473. The lowest BCUT2D eigenvalue weighted by atomic mass is 10.1. The quantitative estimate of drug-likeness (QED) is 0.761. The predicted molar refractivity (Wildman–Crippen MR) is 88.2 cm³/mol. The Morgan fingerprint density at radius 3 is 2.87 bits per heavy atom. The molecule has 0 aliphatic rings. The number of H-pyrrole nitrogens is 1. The normalized spacial score (nSPS) is 10.8. The zero-order valence-electron chi connectivity index (χ0n) is 12.9. The van der Waals surface area contributed by atoms with Crippen LogP contribution in [0.2, 0.25) is 0 Å². The summed E-state index contributed by atoms with van der Waals surface area (Å²) in [4.78, 5) is 25.7. The van der Waals surface area contributed by atoms with Crippen LogP contribution in [0.25, 0.3) is 11.1 Å². The molecule has 3 aromatic rings. The van der Waals surface area contributed by atoms with Crippen LogP contribution >= 0.6 is 0 Å². The first kappa shape index (κ1) is 15.1. The molecule has 0 aliphatic carbocycles. The molecule has 5 nitrogen and oxygen atoms in total. The molecule has 0 fully saturated rings. The summed E-state index contributed by atoms with van der Waals surface area (Å²) in [6, 6.07) is 13.6. The fraction of sp³-hybridized carbons (Fsp3) is 0.222. The van der Waals surface area contributed by atoms with Crippen molar-refractivity contribution in [3.8, 4) is 0 Å². The minimum Gasteiger partial charge on any atom is -0.408 e. The first-order chi connectivity index (χ1) is 11.1. The van der Waals surface area contributed by atoms with Crippen molar-refractivity contribution in [1.29, 1.82) is 0 Å². The van der Waals surface area contributed by atoms with Crippen molar-refractivity contribution in [2.45, 2.75) is 26.3 Å². The van der Waals surface area contributed by atoms with Gasteiger partial charge in [-0.15, -0.1) is 0 Å². The van der Waals surface area contributed by atoms with Crippen LogP contribution in [-0.4, -0.2) is 10.9 Å². The monoisotopic (exact) mass is 310 g/mol. The smallest absolute Gasteiger partial charge is 0.408 e. The van der Waals surface area contributed by atoms with E-state index in [2.05, 4.69) is 16.4 Å². The highest BCUT2D eigenvalue weighted by Gasteiger charge is 2.05. The van der Waals surface area contributed by atoms with E-state index in [0.717, 1.165) is 17.5 Å². The van der Waals surface area contributed by atoms with Gasteiger partial charge >= 0.3 is 5.76 Å². The Morgan fingerprint density at radius 1 is 1.17 bits per heavy atom. The average Bonchev–Trinajstić information content (AvgIpc) is 2.90. The third-order valence-corrected chi connectivity index (χ3v) is 3.70. The van der Waals surface area contributed by atoms with Crippen LogP contribution in [0.4, 0.5) is 0 Å². The average molecular weight is 310 g/mol. The van der Waals surface area contributed by atoms with Gasteiger partial charge in [0.2, 0.25) is 5.91 Å². The number of oxazole rings is 1. The third kappa shape index (κ3) is 3.88. The van der Waals surface area contributed by atoms with Crippen molar-refractivity contribution in [3.05, 3.63) is 69.7 Å². The molecule has 2 aromatic carbocycles. The van der Waals surface area contributed by atoms with E-state index in [9.17, 15) is 9.59 Å². The van der Waals surface area contributed by atoms with Gasteiger partial charge in [-0.05, 0) is 36.6 Å². The van der Waals surface area contributed by atoms with Crippen LogP contribution in [-0.2, 0) is 17.8 Å². The zero-order chi connectivity index (χ0) is 16.2. The van der Waals surface area contributed by atoms with Crippen LogP contribution in [0.5, 0.6) is 0 Å². The summed E-state index contributed by atoms with van der Waals surface area (Å²) in [6.45, 7) is 2.45. The summed E-state index contributed by atoms with van der Waals surface area (Å²) in [5.41, 5.74) is 4.41. The van der Waals surface area contributed by atoms with Crippen molar-refractivity contribution in [1.82, 2.24) is 10.3 Å². The minimum absolute atomic E-state index is 0.00197. The molecule has 1 amide bonds. The Bertz CT molecular complexity index is 892. The molecule has 118 valence electrons. The number of carbonyl (C=O) groups is 1. The Hall–Kier alpha value is -2.82. The van der Waals surface area contributed by atoms with Gasteiger partial charge in [-0.2, -0.15) is 0 Å². The molecule has 2 N–H and O–H groups in total. The van der Waals surface area contributed by atoms with Crippen LogP contribution in [0.15, 0.2) is 51.7 Å². The van der Waals surface area contributed by atoms with Gasteiger partial charge < -0.3 is 9.73 Å². The van der Waals surface area contributed by atoms with Crippen LogP contribution in [0.1, 0.15) is 23.1 Å². The zero-order valence-corrected chi connectivity index (χ0v) is 12.9. The summed E-state index contributed by atoms with van der Waals surface area (Å²) in [6.07, 6.45) is 1.17. The van der Waals surface area contributed by atoms with Crippen LogP contribution in [0, 0.1) is 6.92 Å². The SMILES string of the molecule is Cc1cccc(CCC(=O)NCc2ccc3[nH]c(=O)oc3c2)c1. The number of hydrogen-bond acceptors (Lipinski definition) is 3. The van der Waals surface area contributed by atoms with E-state index in [1.165, 1.54) is 5.56 Å². The molecule has 0 aliphatic heterocycles. The second-order valence-corrected chi connectivity index (χ2v) is 5.61. The highest BCUT2D eigenvalue weighted by atomic mass is 16.4. The first-order valence-corrected chi connectivity index (χ1v) is 7.54. The molecule has 0 unspecified atom stereocenters. The summed E-state index contributed by atoms with van der Waals surface area (Å²) >= 11 is 0. The Labute approximate surface area is 133 Å². The maximum absolute atomic E-state index is 12.0. The second-order valence-electron chi connectivity index (χ2n) is 5.61. The van der Waals surface area contributed by atoms with Gasteiger partial charge in [-0.3, -0.25) is 9.78 Å². The van der Waals surface area contributed by atoms with Gasteiger partial charge in [0.25, 0.3) is 0 Å². The van der Waals surface area contributed by atoms with Crippen molar-refractivity contribution < 1.29 is 9.21 Å². The van der Waals surface area contributed by atoms with E-state index < -0.39 is 5.76 Å². The van der Waals surface area contributed by atoms with Crippen molar-refractivity contribution in [2.24, 2.45) is 0 Å². The Morgan fingerprint density at radius 2 is 2.04 bits per heavy atom. The van der Waals surface area contributed by atoms with Crippen molar-refractivity contribution in [3.63, 3.8) is 0 Å². The third-order valence-electron chi connectivity index (χ3n) is 3.70. The topological polar surface area (TPSA) is 75.1 Å². The molecule has 0 saturated heterocycles. The molecule has 5 heteroatoms. The Balaban J connectivity index is 1.54. The van der Waals surface area contributed by atoms with E-state index in [4.69, 9.17) is 4.42 Å². The number of rotatable bonds is 5. The molecular weight excluding hydrogens is 292 g/mol. The maximum atomic E-state index is 12.0. The van der Waals surface area contributed by atoms with Crippen LogP contribution in [0.3, 0.4) is 0 Å². The molecule has 1 aromatic heterocycles. The number of benzene rings is 2.